The molecule has 0 aliphatic carbocycles. The van der Waals surface area contributed by atoms with Gasteiger partial charge in [-0.15, -0.1) is 0 Å². The third-order valence-electron chi connectivity index (χ3n) is 2.86. The summed E-state index contributed by atoms with van der Waals surface area (Å²) in [6, 6.07) is 11.4. The highest BCUT2D eigenvalue weighted by Gasteiger charge is 2.08. The molecule has 0 fully saturated rings. The SMILES string of the molecule is CCC(NCc1cccnn1)c1ccc(O)cc1. The van der Waals surface area contributed by atoms with E-state index in [1.807, 2.05) is 24.3 Å². The number of phenols is 1. The van der Waals surface area contributed by atoms with Gasteiger partial charge in [0.15, 0.2) is 0 Å². The minimum absolute atomic E-state index is 0.257. The molecule has 18 heavy (non-hydrogen) atoms. The molecule has 0 saturated heterocycles. The Kier molecular flexibility index (Phi) is 4.25. The van der Waals surface area contributed by atoms with Gasteiger partial charge in [0.2, 0.25) is 0 Å². The molecule has 1 atom stereocenters. The van der Waals surface area contributed by atoms with E-state index in [4.69, 9.17) is 0 Å². The van der Waals surface area contributed by atoms with Gasteiger partial charge in [0.1, 0.15) is 5.75 Å². The zero-order chi connectivity index (χ0) is 12.8. The van der Waals surface area contributed by atoms with Crippen LogP contribution in [0.2, 0.25) is 0 Å². The maximum atomic E-state index is 9.28. The van der Waals surface area contributed by atoms with Crippen molar-refractivity contribution in [3.63, 3.8) is 0 Å². The Balaban J connectivity index is 1.99. The number of nitrogens with one attached hydrogen (secondary N) is 1. The van der Waals surface area contributed by atoms with Crippen molar-refractivity contribution in [2.45, 2.75) is 25.9 Å². The lowest BCUT2D eigenvalue weighted by atomic mass is 10.0. The van der Waals surface area contributed by atoms with Crippen molar-refractivity contribution in [3.05, 3.63) is 53.9 Å². The van der Waals surface area contributed by atoms with Crippen molar-refractivity contribution in [1.29, 1.82) is 0 Å². The molecule has 2 aromatic rings. The number of aromatic hydroxyl groups is 1. The van der Waals surface area contributed by atoms with Crippen molar-refractivity contribution in [2.24, 2.45) is 0 Å². The average Bonchev–Trinajstić information content (AvgIpc) is 2.42. The molecule has 1 aromatic carbocycles. The van der Waals surface area contributed by atoms with E-state index in [0.29, 0.717) is 12.3 Å². The summed E-state index contributed by atoms with van der Waals surface area (Å²) in [4.78, 5) is 0. The molecular weight excluding hydrogens is 226 g/mol. The molecule has 4 nitrogen and oxygen atoms in total. The van der Waals surface area contributed by atoms with Gasteiger partial charge < -0.3 is 10.4 Å². The van der Waals surface area contributed by atoms with Crippen LogP contribution in [0, 0.1) is 0 Å². The Bertz CT molecular complexity index is 470. The standard InChI is InChI=1S/C14H17N3O/c1-2-14(11-5-7-13(18)8-6-11)15-10-12-4-3-9-16-17-12/h3-9,14-15,18H,2,10H2,1H3. The molecule has 0 amide bonds. The molecule has 0 saturated carbocycles. The van der Waals surface area contributed by atoms with Gasteiger partial charge in [0.05, 0.1) is 5.69 Å². The minimum Gasteiger partial charge on any atom is -0.508 e. The zero-order valence-corrected chi connectivity index (χ0v) is 10.4. The molecule has 1 aromatic heterocycles. The van der Waals surface area contributed by atoms with Gasteiger partial charge in [-0.1, -0.05) is 19.1 Å². The molecule has 1 heterocycles. The molecule has 4 heteroatoms. The Hall–Kier alpha value is -1.94. The van der Waals surface area contributed by atoms with Crippen molar-refractivity contribution in [2.75, 3.05) is 0 Å². The number of aromatic nitrogens is 2. The molecule has 0 radical (unpaired) electrons. The van der Waals surface area contributed by atoms with E-state index < -0.39 is 0 Å². The topological polar surface area (TPSA) is 58.0 Å². The fraction of sp³-hybridized carbons (Fsp3) is 0.286. The Morgan fingerprint density at radius 3 is 2.61 bits per heavy atom. The molecule has 0 bridgehead atoms. The van der Waals surface area contributed by atoms with E-state index in [0.717, 1.165) is 12.1 Å². The quantitative estimate of drug-likeness (QED) is 0.846. The van der Waals surface area contributed by atoms with Gasteiger partial charge in [0.25, 0.3) is 0 Å². The number of hydrogen-bond acceptors (Lipinski definition) is 4. The normalized spacial score (nSPS) is 12.3. The van der Waals surface area contributed by atoms with Gasteiger partial charge in [-0.05, 0) is 36.2 Å². The van der Waals surface area contributed by atoms with Crippen LogP contribution < -0.4 is 5.32 Å². The second kappa shape index (κ2) is 6.12. The lowest BCUT2D eigenvalue weighted by Crippen LogP contribution is -2.20. The maximum absolute atomic E-state index is 9.28. The summed E-state index contributed by atoms with van der Waals surface area (Å²) in [5.41, 5.74) is 2.09. The van der Waals surface area contributed by atoms with E-state index in [1.54, 1.807) is 18.3 Å². The highest BCUT2D eigenvalue weighted by Crippen LogP contribution is 2.19. The van der Waals surface area contributed by atoms with Crippen LogP contribution in [0.3, 0.4) is 0 Å². The lowest BCUT2D eigenvalue weighted by Gasteiger charge is -2.17. The van der Waals surface area contributed by atoms with Crippen molar-refractivity contribution < 1.29 is 5.11 Å². The fourth-order valence-electron chi connectivity index (χ4n) is 1.86. The van der Waals surface area contributed by atoms with Crippen LogP contribution in [0.4, 0.5) is 0 Å². The second-order valence-corrected chi connectivity index (χ2v) is 4.15. The van der Waals surface area contributed by atoms with Gasteiger partial charge in [0, 0.05) is 18.8 Å². The molecule has 2 rings (SSSR count). The number of hydrogen-bond donors (Lipinski definition) is 2. The Morgan fingerprint density at radius 2 is 2.00 bits per heavy atom. The van der Waals surface area contributed by atoms with Crippen molar-refractivity contribution >= 4 is 0 Å². The average molecular weight is 243 g/mol. The zero-order valence-electron chi connectivity index (χ0n) is 10.4. The van der Waals surface area contributed by atoms with Crippen LogP contribution >= 0.6 is 0 Å². The summed E-state index contributed by atoms with van der Waals surface area (Å²) in [5.74, 6) is 0.294. The van der Waals surface area contributed by atoms with E-state index in [1.165, 1.54) is 5.56 Å². The summed E-state index contributed by atoms with van der Waals surface area (Å²) in [6.07, 6.45) is 2.64. The minimum atomic E-state index is 0.257. The first-order chi connectivity index (χ1) is 8.79. The van der Waals surface area contributed by atoms with E-state index >= 15 is 0 Å². The van der Waals surface area contributed by atoms with Gasteiger partial charge in [-0.3, -0.25) is 0 Å². The van der Waals surface area contributed by atoms with Crippen LogP contribution in [-0.4, -0.2) is 15.3 Å². The molecule has 2 N–H and O–H groups in total. The fourth-order valence-corrected chi connectivity index (χ4v) is 1.86. The summed E-state index contributed by atoms with van der Waals surface area (Å²) in [6.45, 7) is 2.81. The van der Waals surface area contributed by atoms with E-state index in [2.05, 4.69) is 22.4 Å². The maximum Gasteiger partial charge on any atom is 0.115 e. The molecule has 94 valence electrons. The Labute approximate surface area is 107 Å². The van der Waals surface area contributed by atoms with Crippen LogP contribution in [-0.2, 0) is 6.54 Å². The van der Waals surface area contributed by atoms with Crippen LogP contribution in [0.5, 0.6) is 5.75 Å². The van der Waals surface area contributed by atoms with Crippen LogP contribution in [0.25, 0.3) is 0 Å². The molecule has 0 aliphatic heterocycles. The third kappa shape index (κ3) is 3.28. The summed E-state index contributed by atoms with van der Waals surface area (Å²) >= 11 is 0. The number of benzene rings is 1. The monoisotopic (exact) mass is 243 g/mol. The molecule has 0 aliphatic rings. The first-order valence-electron chi connectivity index (χ1n) is 6.08. The number of phenolic OH excluding ortho intramolecular Hbond substituents is 1. The predicted octanol–water partition coefficient (Wildman–Crippen LogP) is 2.42. The first kappa shape index (κ1) is 12.5. The van der Waals surface area contributed by atoms with E-state index in [-0.39, 0.29) is 6.04 Å². The smallest absolute Gasteiger partial charge is 0.115 e. The molecular formula is C14H17N3O. The van der Waals surface area contributed by atoms with Crippen LogP contribution in [0.1, 0.15) is 30.6 Å². The largest absolute Gasteiger partial charge is 0.508 e. The van der Waals surface area contributed by atoms with Gasteiger partial charge in [-0.25, -0.2) is 0 Å². The summed E-state index contributed by atoms with van der Waals surface area (Å²) in [5, 5.41) is 20.6. The summed E-state index contributed by atoms with van der Waals surface area (Å²) in [7, 11) is 0. The lowest BCUT2D eigenvalue weighted by molar-refractivity contribution is 0.473. The highest BCUT2D eigenvalue weighted by atomic mass is 16.3. The van der Waals surface area contributed by atoms with Gasteiger partial charge >= 0.3 is 0 Å². The predicted molar refractivity (Wildman–Crippen MR) is 70.0 cm³/mol. The highest BCUT2D eigenvalue weighted by molar-refractivity contribution is 5.28. The molecule has 0 spiro atoms. The Morgan fingerprint density at radius 1 is 1.22 bits per heavy atom. The van der Waals surface area contributed by atoms with E-state index in [9.17, 15) is 5.11 Å². The number of nitrogens with zero attached hydrogens (tertiary/aromatic N) is 2. The molecule has 1 unspecified atom stereocenters. The summed E-state index contributed by atoms with van der Waals surface area (Å²) < 4.78 is 0. The van der Waals surface area contributed by atoms with Crippen molar-refractivity contribution in [1.82, 2.24) is 15.5 Å². The number of rotatable bonds is 5. The van der Waals surface area contributed by atoms with Crippen LogP contribution in [0.15, 0.2) is 42.6 Å². The van der Waals surface area contributed by atoms with Gasteiger partial charge in [-0.2, -0.15) is 10.2 Å². The first-order valence-corrected chi connectivity index (χ1v) is 6.08. The second-order valence-electron chi connectivity index (χ2n) is 4.15. The van der Waals surface area contributed by atoms with Crippen molar-refractivity contribution in [3.8, 4) is 5.75 Å². The third-order valence-corrected chi connectivity index (χ3v) is 2.86.